The highest BCUT2D eigenvalue weighted by atomic mass is 16.1. The molecule has 2 aromatic rings. The molecular weight excluding hydrogens is 228 g/mol. The monoisotopic (exact) mass is 244 g/mol. The fraction of sp³-hybridized carbons (Fsp3) is 0.308. The van der Waals surface area contributed by atoms with Crippen molar-refractivity contribution in [2.45, 2.75) is 26.3 Å². The molecule has 0 atom stereocenters. The maximum absolute atomic E-state index is 11.8. The number of carbonyl (C=O) groups is 1. The third-order valence-corrected chi connectivity index (χ3v) is 2.61. The molecule has 0 radical (unpaired) electrons. The molecule has 0 aliphatic rings. The lowest BCUT2D eigenvalue weighted by Crippen LogP contribution is -2.23. The third-order valence-electron chi connectivity index (χ3n) is 2.61. The zero-order chi connectivity index (χ0) is 13.0. The second-order valence-electron chi connectivity index (χ2n) is 4.37. The standard InChI is InChI=1S/C13H16N4O/c1-9(2)11-7-12(17-16-11)13(18)15-8-10-5-3-4-6-14-10/h3-7,9H,8H2,1-2H3,(H,15,18)(H,16,17). The molecule has 0 spiro atoms. The summed E-state index contributed by atoms with van der Waals surface area (Å²) in [4.78, 5) is 16.0. The highest BCUT2D eigenvalue weighted by molar-refractivity contribution is 5.92. The molecule has 1 amide bonds. The molecule has 18 heavy (non-hydrogen) atoms. The maximum Gasteiger partial charge on any atom is 0.272 e. The van der Waals surface area contributed by atoms with E-state index in [1.54, 1.807) is 12.3 Å². The van der Waals surface area contributed by atoms with Gasteiger partial charge in [-0.2, -0.15) is 5.10 Å². The summed E-state index contributed by atoms with van der Waals surface area (Å²) in [6.45, 7) is 4.50. The Morgan fingerprint density at radius 3 is 2.89 bits per heavy atom. The van der Waals surface area contributed by atoms with E-state index in [9.17, 15) is 4.79 Å². The first-order valence-corrected chi connectivity index (χ1v) is 5.90. The van der Waals surface area contributed by atoms with Crippen LogP contribution >= 0.6 is 0 Å². The van der Waals surface area contributed by atoms with Crippen LogP contribution in [0.3, 0.4) is 0 Å². The minimum absolute atomic E-state index is 0.191. The fourth-order valence-corrected chi connectivity index (χ4v) is 1.51. The SMILES string of the molecule is CC(C)c1cc(C(=O)NCc2ccccn2)n[nH]1. The predicted molar refractivity (Wildman–Crippen MR) is 68.1 cm³/mol. The van der Waals surface area contributed by atoms with E-state index in [0.717, 1.165) is 11.4 Å². The lowest BCUT2D eigenvalue weighted by molar-refractivity contribution is 0.0945. The van der Waals surface area contributed by atoms with Crippen LogP contribution in [-0.4, -0.2) is 21.1 Å². The van der Waals surface area contributed by atoms with Gasteiger partial charge >= 0.3 is 0 Å². The molecule has 0 aliphatic carbocycles. The normalized spacial score (nSPS) is 10.6. The molecule has 0 aromatic carbocycles. The smallest absolute Gasteiger partial charge is 0.272 e. The zero-order valence-electron chi connectivity index (χ0n) is 10.5. The lowest BCUT2D eigenvalue weighted by Gasteiger charge is -2.01. The second kappa shape index (κ2) is 5.44. The minimum atomic E-state index is -0.191. The van der Waals surface area contributed by atoms with Gasteiger partial charge in [0.25, 0.3) is 5.91 Å². The van der Waals surface area contributed by atoms with Crippen LogP contribution in [0.1, 0.15) is 41.6 Å². The van der Waals surface area contributed by atoms with E-state index in [-0.39, 0.29) is 5.91 Å². The van der Waals surface area contributed by atoms with Crippen LogP contribution in [0.15, 0.2) is 30.5 Å². The summed E-state index contributed by atoms with van der Waals surface area (Å²) in [5.74, 6) is 0.138. The number of amides is 1. The van der Waals surface area contributed by atoms with Crippen LogP contribution in [0, 0.1) is 0 Å². The average Bonchev–Trinajstić information content (AvgIpc) is 2.87. The van der Waals surface area contributed by atoms with Crippen molar-refractivity contribution in [1.29, 1.82) is 0 Å². The Bertz CT molecular complexity index is 519. The van der Waals surface area contributed by atoms with Crippen LogP contribution in [0.4, 0.5) is 0 Å². The summed E-state index contributed by atoms with van der Waals surface area (Å²) in [5, 5.41) is 9.63. The van der Waals surface area contributed by atoms with Crippen molar-refractivity contribution in [3.8, 4) is 0 Å². The molecule has 2 aromatic heterocycles. The molecule has 2 N–H and O–H groups in total. The van der Waals surface area contributed by atoms with Gasteiger partial charge in [0.05, 0.1) is 12.2 Å². The Hall–Kier alpha value is -2.17. The zero-order valence-corrected chi connectivity index (χ0v) is 10.5. The van der Waals surface area contributed by atoms with Gasteiger partial charge in [-0.25, -0.2) is 0 Å². The summed E-state index contributed by atoms with van der Waals surface area (Å²) in [5.41, 5.74) is 2.19. The Kier molecular flexibility index (Phi) is 3.72. The minimum Gasteiger partial charge on any atom is -0.345 e. The number of rotatable bonds is 4. The van der Waals surface area contributed by atoms with Crippen molar-refractivity contribution in [2.24, 2.45) is 0 Å². The molecule has 0 bridgehead atoms. The van der Waals surface area contributed by atoms with E-state index >= 15 is 0 Å². The first-order valence-electron chi connectivity index (χ1n) is 5.90. The second-order valence-corrected chi connectivity index (χ2v) is 4.37. The molecule has 94 valence electrons. The van der Waals surface area contributed by atoms with Gasteiger partial charge in [-0.1, -0.05) is 19.9 Å². The number of nitrogens with one attached hydrogen (secondary N) is 2. The van der Waals surface area contributed by atoms with Gasteiger partial charge in [-0.15, -0.1) is 0 Å². The largest absolute Gasteiger partial charge is 0.345 e. The lowest BCUT2D eigenvalue weighted by atomic mass is 10.1. The Labute approximate surface area is 106 Å². The molecule has 2 rings (SSSR count). The Morgan fingerprint density at radius 2 is 2.28 bits per heavy atom. The molecule has 0 saturated heterocycles. The van der Waals surface area contributed by atoms with E-state index in [4.69, 9.17) is 0 Å². The average molecular weight is 244 g/mol. The van der Waals surface area contributed by atoms with Crippen molar-refractivity contribution < 1.29 is 4.79 Å². The van der Waals surface area contributed by atoms with Gasteiger partial charge in [0.2, 0.25) is 0 Å². The highest BCUT2D eigenvalue weighted by Crippen LogP contribution is 2.11. The fourth-order valence-electron chi connectivity index (χ4n) is 1.51. The van der Waals surface area contributed by atoms with Crippen molar-refractivity contribution in [3.05, 3.63) is 47.5 Å². The Balaban J connectivity index is 1.95. The summed E-state index contributed by atoms with van der Waals surface area (Å²) in [7, 11) is 0. The number of H-pyrrole nitrogens is 1. The predicted octanol–water partition coefficient (Wildman–Crippen LogP) is 1.86. The number of carbonyl (C=O) groups excluding carboxylic acids is 1. The van der Waals surface area contributed by atoms with Crippen molar-refractivity contribution in [1.82, 2.24) is 20.5 Å². The molecule has 2 heterocycles. The number of aromatic amines is 1. The van der Waals surface area contributed by atoms with Crippen LogP contribution in [0.25, 0.3) is 0 Å². The summed E-state index contributed by atoms with van der Waals surface area (Å²) in [6.07, 6.45) is 1.70. The molecule has 0 saturated carbocycles. The van der Waals surface area contributed by atoms with Crippen molar-refractivity contribution >= 4 is 5.91 Å². The number of hydrogen-bond donors (Lipinski definition) is 2. The van der Waals surface area contributed by atoms with Crippen LogP contribution in [-0.2, 0) is 6.54 Å². The maximum atomic E-state index is 11.8. The van der Waals surface area contributed by atoms with Gasteiger partial charge in [0, 0.05) is 11.9 Å². The molecule has 5 nitrogen and oxygen atoms in total. The number of pyridine rings is 1. The molecule has 0 unspecified atom stereocenters. The number of aromatic nitrogens is 3. The summed E-state index contributed by atoms with van der Waals surface area (Å²) in [6, 6.07) is 7.37. The van der Waals surface area contributed by atoms with Gasteiger partial charge in [-0.05, 0) is 24.1 Å². The van der Waals surface area contributed by atoms with E-state index in [2.05, 4.69) is 20.5 Å². The Morgan fingerprint density at radius 1 is 1.44 bits per heavy atom. The van der Waals surface area contributed by atoms with Gasteiger partial charge in [-0.3, -0.25) is 14.9 Å². The van der Waals surface area contributed by atoms with Gasteiger partial charge in [0.1, 0.15) is 5.69 Å². The van der Waals surface area contributed by atoms with E-state index in [1.165, 1.54) is 0 Å². The summed E-state index contributed by atoms with van der Waals surface area (Å²) < 4.78 is 0. The first-order chi connectivity index (χ1) is 8.66. The van der Waals surface area contributed by atoms with Gasteiger partial charge < -0.3 is 5.32 Å². The molecule has 5 heteroatoms. The third kappa shape index (κ3) is 2.94. The molecule has 0 fully saturated rings. The van der Waals surface area contributed by atoms with Crippen molar-refractivity contribution in [2.75, 3.05) is 0 Å². The van der Waals surface area contributed by atoms with E-state index in [0.29, 0.717) is 18.2 Å². The molecule has 0 aliphatic heterocycles. The number of nitrogens with zero attached hydrogens (tertiary/aromatic N) is 2. The van der Waals surface area contributed by atoms with E-state index < -0.39 is 0 Å². The quantitative estimate of drug-likeness (QED) is 0.862. The van der Waals surface area contributed by atoms with Crippen molar-refractivity contribution in [3.63, 3.8) is 0 Å². The van der Waals surface area contributed by atoms with Crippen LogP contribution in [0.2, 0.25) is 0 Å². The molecular formula is C13H16N4O. The highest BCUT2D eigenvalue weighted by Gasteiger charge is 2.11. The van der Waals surface area contributed by atoms with E-state index in [1.807, 2.05) is 32.0 Å². The van der Waals surface area contributed by atoms with Crippen LogP contribution in [0.5, 0.6) is 0 Å². The summed E-state index contributed by atoms with van der Waals surface area (Å²) >= 11 is 0. The van der Waals surface area contributed by atoms with Gasteiger partial charge in [0.15, 0.2) is 0 Å². The number of hydrogen-bond acceptors (Lipinski definition) is 3. The van der Waals surface area contributed by atoms with Crippen LogP contribution < -0.4 is 5.32 Å². The topological polar surface area (TPSA) is 70.7 Å². The first kappa shape index (κ1) is 12.3.